The molecule has 1 amide bonds. The molecule has 0 unspecified atom stereocenters. The summed E-state index contributed by atoms with van der Waals surface area (Å²) in [5.41, 5.74) is 4.41. The number of aliphatic hydroxyl groups excluding tert-OH is 1. The maximum atomic E-state index is 13.4. The molecule has 4 heterocycles. The number of rotatable bonds is 6. The van der Waals surface area contributed by atoms with Crippen molar-refractivity contribution >= 4 is 11.6 Å². The van der Waals surface area contributed by atoms with Crippen molar-refractivity contribution in [2.75, 3.05) is 77.1 Å². The molecular weight excluding hydrogens is 456 g/mol. The fourth-order valence-electron chi connectivity index (χ4n) is 5.82. The van der Waals surface area contributed by atoms with Gasteiger partial charge in [-0.25, -0.2) is 0 Å². The number of aliphatic hydroxyl groups is 1. The van der Waals surface area contributed by atoms with Gasteiger partial charge in [-0.3, -0.25) is 14.6 Å². The molecule has 8 nitrogen and oxygen atoms in total. The standard InChI is InChI=1S/C28H36N4O4/c33-25(17-29-8-7-21-3-1-2-4-22(21)16-29)18-32-13-14-36-27-15-23(5-6-26(27)28(32)34)30-9-11-31(12-10-30)24-19-35-20-24/h1-6,15,24-25,33H,7-14,16-20H2/t25-/m1/s1. The summed E-state index contributed by atoms with van der Waals surface area (Å²) in [4.78, 5) is 22.3. The summed E-state index contributed by atoms with van der Waals surface area (Å²) in [7, 11) is 0. The Labute approximate surface area is 213 Å². The van der Waals surface area contributed by atoms with Crippen LogP contribution >= 0.6 is 0 Å². The van der Waals surface area contributed by atoms with Crippen LogP contribution in [0, 0.1) is 0 Å². The Balaban J connectivity index is 1.06. The lowest BCUT2D eigenvalue weighted by molar-refractivity contribution is -0.0660. The third-order valence-electron chi connectivity index (χ3n) is 8.03. The molecule has 0 radical (unpaired) electrons. The Morgan fingerprint density at radius 2 is 1.75 bits per heavy atom. The third kappa shape index (κ3) is 4.95. The first-order valence-electron chi connectivity index (χ1n) is 13.2. The van der Waals surface area contributed by atoms with Crippen LogP contribution in [0.3, 0.4) is 0 Å². The number of benzene rings is 2. The normalized spacial score (nSPS) is 22.3. The molecule has 0 spiro atoms. The summed E-state index contributed by atoms with van der Waals surface area (Å²) in [6, 6.07) is 15.0. The van der Waals surface area contributed by atoms with Gasteiger partial charge in [0.05, 0.1) is 37.5 Å². The Morgan fingerprint density at radius 1 is 0.944 bits per heavy atom. The highest BCUT2D eigenvalue weighted by Gasteiger charge is 2.30. The maximum absolute atomic E-state index is 13.4. The number of carbonyl (C=O) groups is 1. The zero-order valence-corrected chi connectivity index (χ0v) is 20.8. The summed E-state index contributed by atoms with van der Waals surface area (Å²) in [6.07, 6.45) is 0.400. The summed E-state index contributed by atoms with van der Waals surface area (Å²) in [6.45, 7) is 9.24. The van der Waals surface area contributed by atoms with Gasteiger partial charge in [0.2, 0.25) is 0 Å². The van der Waals surface area contributed by atoms with Crippen LogP contribution in [0.15, 0.2) is 42.5 Å². The molecular formula is C28H36N4O4. The second-order valence-corrected chi connectivity index (χ2v) is 10.4. The first-order valence-corrected chi connectivity index (χ1v) is 13.2. The first kappa shape index (κ1) is 23.7. The van der Waals surface area contributed by atoms with Crippen LogP contribution in [-0.2, 0) is 17.7 Å². The van der Waals surface area contributed by atoms with Crippen LogP contribution in [0.2, 0.25) is 0 Å². The molecule has 4 aliphatic rings. The van der Waals surface area contributed by atoms with Gasteiger partial charge in [-0.1, -0.05) is 24.3 Å². The van der Waals surface area contributed by atoms with Gasteiger partial charge in [0.25, 0.3) is 5.91 Å². The number of hydrogen-bond donors (Lipinski definition) is 1. The molecule has 1 N–H and O–H groups in total. The molecule has 36 heavy (non-hydrogen) atoms. The van der Waals surface area contributed by atoms with Crippen LogP contribution in [0.1, 0.15) is 21.5 Å². The van der Waals surface area contributed by atoms with Gasteiger partial charge in [-0.2, -0.15) is 0 Å². The number of ether oxygens (including phenoxy) is 2. The molecule has 192 valence electrons. The van der Waals surface area contributed by atoms with Crippen molar-refractivity contribution in [2.45, 2.75) is 25.1 Å². The highest BCUT2D eigenvalue weighted by molar-refractivity contribution is 5.97. The SMILES string of the molecule is O=C1c2ccc(N3CCN(C4COC4)CC3)cc2OCCN1C[C@H](O)CN1CCc2ccccc2C1. The number of hydrogen-bond acceptors (Lipinski definition) is 7. The fourth-order valence-corrected chi connectivity index (χ4v) is 5.82. The molecule has 2 aromatic rings. The van der Waals surface area contributed by atoms with Crippen LogP contribution in [-0.4, -0.2) is 110 Å². The number of fused-ring (bicyclic) bond motifs is 2. The van der Waals surface area contributed by atoms with E-state index in [0.29, 0.717) is 43.6 Å². The molecule has 8 heteroatoms. The lowest BCUT2D eigenvalue weighted by Crippen LogP contribution is -2.56. The highest BCUT2D eigenvalue weighted by atomic mass is 16.5. The average molecular weight is 493 g/mol. The van der Waals surface area contributed by atoms with E-state index in [1.165, 1.54) is 11.1 Å². The van der Waals surface area contributed by atoms with Crippen LogP contribution < -0.4 is 9.64 Å². The monoisotopic (exact) mass is 492 g/mol. The van der Waals surface area contributed by atoms with E-state index in [1.807, 2.05) is 18.2 Å². The molecule has 0 aliphatic carbocycles. The molecule has 4 aliphatic heterocycles. The second-order valence-electron chi connectivity index (χ2n) is 10.4. The van der Waals surface area contributed by atoms with Crippen molar-refractivity contribution in [3.63, 3.8) is 0 Å². The lowest BCUT2D eigenvalue weighted by Gasteiger charge is -2.43. The topological polar surface area (TPSA) is 68.7 Å². The summed E-state index contributed by atoms with van der Waals surface area (Å²) >= 11 is 0. The van der Waals surface area contributed by atoms with E-state index < -0.39 is 6.10 Å². The largest absolute Gasteiger partial charge is 0.491 e. The van der Waals surface area contributed by atoms with E-state index in [0.717, 1.165) is 64.6 Å². The van der Waals surface area contributed by atoms with Crippen molar-refractivity contribution in [2.24, 2.45) is 0 Å². The van der Waals surface area contributed by atoms with Crippen molar-refractivity contribution in [3.05, 3.63) is 59.2 Å². The molecule has 2 saturated heterocycles. The van der Waals surface area contributed by atoms with E-state index in [1.54, 1.807) is 4.90 Å². The minimum Gasteiger partial charge on any atom is -0.491 e. The van der Waals surface area contributed by atoms with E-state index in [9.17, 15) is 9.90 Å². The smallest absolute Gasteiger partial charge is 0.257 e. The summed E-state index contributed by atoms with van der Waals surface area (Å²) in [5, 5.41) is 10.9. The number of nitrogens with zero attached hydrogens (tertiary/aromatic N) is 4. The van der Waals surface area contributed by atoms with E-state index in [4.69, 9.17) is 9.47 Å². The highest BCUT2D eigenvalue weighted by Crippen LogP contribution is 2.30. The molecule has 0 aromatic heterocycles. The molecule has 0 saturated carbocycles. The number of amides is 1. The minimum absolute atomic E-state index is 0.0631. The fraction of sp³-hybridized carbons (Fsp3) is 0.536. The number of anilines is 1. The van der Waals surface area contributed by atoms with Crippen molar-refractivity contribution in [1.82, 2.24) is 14.7 Å². The molecule has 2 fully saturated rings. The van der Waals surface area contributed by atoms with Crippen LogP contribution in [0.4, 0.5) is 5.69 Å². The predicted octanol–water partition coefficient (Wildman–Crippen LogP) is 1.46. The van der Waals surface area contributed by atoms with Gasteiger partial charge >= 0.3 is 0 Å². The zero-order valence-electron chi connectivity index (χ0n) is 20.8. The third-order valence-corrected chi connectivity index (χ3v) is 8.03. The van der Waals surface area contributed by atoms with Gasteiger partial charge in [0.1, 0.15) is 12.4 Å². The zero-order chi connectivity index (χ0) is 24.5. The van der Waals surface area contributed by atoms with Crippen LogP contribution in [0.25, 0.3) is 0 Å². The number of β-amino-alcohol motifs (C(OH)–C–C–N with tert-alkyl or cyclic N) is 1. The molecule has 2 aromatic carbocycles. The van der Waals surface area contributed by atoms with Crippen molar-refractivity contribution in [3.8, 4) is 5.75 Å². The van der Waals surface area contributed by atoms with Crippen LogP contribution in [0.5, 0.6) is 5.75 Å². The number of piperazine rings is 1. The van der Waals surface area contributed by atoms with E-state index >= 15 is 0 Å². The Kier molecular flexibility index (Phi) is 6.84. The van der Waals surface area contributed by atoms with Crippen molar-refractivity contribution < 1.29 is 19.4 Å². The Hall–Kier alpha value is -2.65. The van der Waals surface area contributed by atoms with Gasteiger partial charge in [-0.05, 0) is 29.7 Å². The quantitative estimate of drug-likeness (QED) is 0.655. The first-order chi connectivity index (χ1) is 17.6. The van der Waals surface area contributed by atoms with Crippen molar-refractivity contribution in [1.29, 1.82) is 0 Å². The molecule has 0 bridgehead atoms. The predicted molar refractivity (Wildman–Crippen MR) is 138 cm³/mol. The Morgan fingerprint density at radius 3 is 2.53 bits per heavy atom. The van der Waals surface area contributed by atoms with E-state index in [-0.39, 0.29) is 5.91 Å². The summed E-state index contributed by atoms with van der Waals surface area (Å²) < 4.78 is 11.4. The van der Waals surface area contributed by atoms with Gasteiger partial charge < -0.3 is 24.4 Å². The second kappa shape index (κ2) is 10.4. The Bertz CT molecular complexity index is 1080. The van der Waals surface area contributed by atoms with E-state index in [2.05, 4.69) is 39.0 Å². The molecule has 6 rings (SSSR count). The van der Waals surface area contributed by atoms with Gasteiger partial charge in [-0.15, -0.1) is 0 Å². The van der Waals surface area contributed by atoms with Gasteiger partial charge in [0, 0.05) is 64.1 Å². The minimum atomic E-state index is -0.600. The molecule has 1 atom stereocenters. The van der Waals surface area contributed by atoms with Gasteiger partial charge in [0.15, 0.2) is 0 Å². The number of carbonyl (C=O) groups excluding carboxylic acids is 1. The maximum Gasteiger partial charge on any atom is 0.257 e. The summed E-state index contributed by atoms with van der Waals surface area (Å²) in [5.74, 6) is 0.587. The lowest BCUT2D eigenvalue weighted by atomic mass is 10.00. The average Bonchev–Trinajstić information content (AvgIpc) is 3.01.